The van der Waals surface area contributed by atoms with Gasteiger partial charge in [0, 0.05) is 31.3 Å². The van der Waals surface area contributed by atoms with Crippen molar-refractivity contribution in [1.29, 1.82) is 5.26 Å². The number of carbonyl (C=O) groups is 1. The molecule has 2 aromatic rings. The average Bonchev–Trinajstić information content (AvgIpc) is 3.29. The summed E-state index contributed by atoms with van der Waals surface area (Å²) in [6.45, 7) is 9.52. The lowest BCUT2D eigenvalue weighted by atomic mass is 10.1. The second-order valence-corrected chi connectivity index (χ2v) is 7.35. The van der Waals surface area contributed by atoms with Crippen LogP contribution < -0.4 is 10.2 Å². The van der Waals surface area contributed by atoms with E-state index >= 15 is 0 Å². The number of hydrogen-bond donors (Lipinski definition) is 3. The fraction of sp³-hybridized carbons (Fsp3) is 0.440. The molecule has 6 heteroatoms. The maximum atomic E-state index is 10.8. The zero-order valence-electron chi connectivity index (χ0n) is 19.1. The number of hydrogen-bond acceptors (Lipinski definition) is 5. The van der Waals surface area contributed by atoms with Crippen molar-refractivity contribution in [1.82, 2.24) is 0 Å². The van der Waals surface area contributed by atoms with Crippen LogP contribution in [0.15, 0.2) is 42.5 Å². The van der Waals surface area contributed by atoms with Crippen LogP contribution in [0.4, 0.5) is 17.1 Å². The van der Waals surface area contributed by atoms with Gasteiger partial charge in [-0.3, -0.25) is 4.79 Å². The Hall–Kier alpha value is -3.04. The number of rotatable bonds is 6. The number of aliphatic carboxylic acids is 1. The molecule has 1 fully saturated rings. The first-order chi connectivity index (χ1) is 14.9. The molecular weight excluding hydrogens is 390 g/mol. The van der Waals surface area contributed by atoms with E-state index in [1.165, 1.54) is 12.8 Å². The van der Waals surface area contributed by atoms with Gasteiger partial charge in [0.15, 0.2) is 0 Å². The minimum atomic E-state index is -0.787. The number of nitrogens with one attached hydrogen (secondary N) is 1. The van der Waals surface area contributed by atoms with Crippen molar-refractivity contribution in [3.8, 4) is 6.07 Å². The first kappa shape index (κ1) is 26.0. The number of aliphatic hydroxyl groups is 1. The predicted octanol–water partition coefficient (Wildman–Crippen LogP) is 5.33. The zero-order valence-corrected chi connectivity index (χ0v) is 19.1. The summed E-state index contributed by atoms with van der Waals surface area (Å²) in [6, 6.07) is 15.6. The Morgan fingerprint density at radius 3 is 2.23 bits per heavy atom. The van der Waals surface area contributed by atoms with Crippen molar-refractivity contribution in [2.24, 2.45) is 0 Å². The molecule has 1 saturated heterocycles. The maximum absolute atomic E-state index is 10.8. The second-order valence-electron chi connectivity index (χ2n) is 7.35. The summed E-state index contributed by atoms with van der Waals surface area (Å²) in [5, 5.41) is 29.3. The molecule has 0 spiro atoms. The van der Waals surface area contributed by atoms with Gasteiger partial charge in [-0.25, -0.2) is 0 Å². The minimum absolute atomic E-state index is 0.124. The highest BCUT2D eigenvalue weighted by Gasteiger charge is 2.16. The third-order valence-corrected chi connectivity index (χ3v) is 4.43. The average molecular weight is 426 g/mol. The molecule has 0 aliphatic carbocycles. The second kappa shape index (κ2) is 14.1. The van der Waals surface area contributed by atoms with Gasteiger partial charge in [-0.05, 0) is 75.1 Å². The van der Waals surface area contributed by atoms with Crippen molar-refractivity contribution in [2.45, 2.75) is 59.5 Å². The molecule has 0 amide bonds. The summed E-state index contributed by atoms with van der Waals surface area (Å²) >= 11 is 0. The molecule has 3 N–H and O–H groups in total. The smallest absolute Gasteiger partial charge is 0.303 e. The monoisotopic (exact) mass is 425 g/mol. The van der Waals surface area contributed by atoms with E-state index in [9.17, 15) is 4.79 Å². The molecule has 0 atom stereocenters. The van der Waals surface area contributed by atoms with E-state index < -0.39 is 5.97 Å². The van der Waals surface area contributed by atoms with E-state index in [0.29, 0.717) is 12.0 Å². The number of aliphatic hydroxyl groups excluding tert-OH is 1. The Bertz CT molecular complexity index is 833. The molecule has 0 saturated carbocycles. The lowest BCUT2D eigenvalue weighted by Gasteiger charge is -2.23. The largest absolute Gasteiger partial charge is 0.481 e. The van der Waals surface area contributed by atoms with Gasteiger partial charge >= 0.3 is 5.97 Å². The summed E-state index contributed by atoms with van der Waals surface area (Å²) in [5.41, 5.74) is 4.66. The van der Waals surface area contributed by atoms with Crippen LogP contribution in [0, 0.1) is 11.3 Å². The molecule has 0 radical (unpaired) electrons. The fourth-order valence-electron chi connectivity index (χ4n) is 3.11. The van der Waals surface area contributed by atoms with Gasteiger partial charge in [0.2, 0.25) is 0 Å². The summed E-state index contributed by atoms with van der Waals surface area (Å²) in [7, 11) is 0. The zero-order chi connectivity index (χ0) is 23.2. The number of anilines is 3. The van der Waals surface area contributed by atoms with Gasteiger partial charge < -0.3 is 20.4 Å². The number of carboxylic acid groups (broad SMARTS) is 1. The summed E-state index contributed by atoms with van der Waals surface area (Å²) in [4.78, 5) is 13.2. The van der Waals surface area contributed by atoms with Crippen molar-refractivity contribution in [3.05, 3.63) is 53.6 Å². The molecule has 31 heavy (non-hydrogen) atoms. The molecule has 0 unspecified atom stereocenters. The van der Waals surface area contributed by atoms with E-state index in [2.05, 4.69) is 22.4 Å². The lowest BCUT2D eigenvalue weighted by Crippen LogP contribution is -2.19. The molecule has 0 aromatic heterocycles. The van der Waals surface area contributed by atoms with E-state index in [1.54, 1.807) is 26.0 Å². The Labute approximate surface area is 186 Å². The number of nitriles is 1. The highest BCUT2D eigenvalue weighted by Crippen LogP contribution is 2.32. The highest BCUT2D eigenvalue weighted by atomic mass is 16.4. The van der Waals surface area contributed by atoms with Gasteiger partial charge in [0.1, 0.15) is 0 Å². The van der Waals surface area contributed by atoms with E-state index in [4.69, 9.17) is 15.5 Å². The molecule has 1 aliphatic rings. The van der Waals surface area contributed by atoms with Gasteiger partial charge in [-0.2, -0.15) is 5.26 Å². The van der Waals surface area contributed by atoms with Gasteiger partial charge in [0.25, 0.3) is 0 Å². The van der Waals surface area contributed by atoms with Gasteiger partial charge in [0.05, 0.1) is 23.0 Å². The van der Waals surface area contributed by atoms with Crippen LogP contribution in [0.25, 0.3) is 0 Å². The normalized spacial score (nSPS) is 12.2. The van der Waals surface area contributed by atoms with Crippen LogP contribution in [-0.4, -0.2) is 35.4 Å². The Balaban J connectivity index is 0.000000720. The van der Waals surface area contributed by atoms with Gasteiger partial charge in [-0.1, -0.05) is 19.9 Å². The summed E-state index contributed by atoms with van der Waals surface area (Å²) in [5.74, 6) is -0.787. The Kier molecular flexibility index (Phi) is 11.8. The van der Waals surface area contributed by atoms with E-state index in [-0.39, 0.29) is 12.5 Å². The predicted molar refractivity (Wildman–Crippen MR) is 127 cm³/mol. The van der Waals surface area contributed by atoms with Crippen LogP contribution in [0.3, 0.4) is 0 Å². The Morgan fingerprint density at radius 1 is 1.13 bits per heavy atom. The number of carboxylic acids is 1. The van der Waals surface area contributed by atoms with E-state index in [1.807, 2.05) is 38.1 Å². The quantitative estimate of drug-likeness (QED) is 0.579. The van der Waals surface area contributed by atoms with Crippen LogP contribution in [0.1, 0.15) is 58.1 Å². The van der Waals surface area contributed by atoms with Crippen molar-refractivity contribution < 1.29 is 15.0 Å². The molecule has 0 bridgehead atoms. The summed E-state index contributed by atoms with van der Waals surface area (Å²) in [6.07, 6.45) is 2.85. The van der Waals surface area contributed by atoms with Crippen LogP contribution in [-0.2, 0) is 11.2 Å². The fourth-order valence-corrected chi connectivity index (χ4v) is 3.11. The molecular formula is C25H35N3O3. The summed E-state index contributed by atoms with van der Waals surface area (Å²) < 4.78 is 0. The third-order valence-electron chi connectivity index (χ3n) is 4.43. The Morgan fingerprint density at radius 2 is 1.71 bits per heavy atom. The standard InChI is InChI=1S/C20H21N3O2.C3H8O.C2H6/c21-14-16-3-7-17(8-4-16)22-18-13-15(6-10-20(24)25)5-9-19(18)23-11-1-2-12-23;1-3(2)4;1-2/h3-5,7-9,13,22H,1-2,6,10-12H2,(H,24,25);3-4H,1-2H3;1-2H3. The van der Waals surface area contributed by atoms with Crippen LogP contribution in [0.5, 0.6) is 0 Å². The highest BCUT2D eigenvalue weighted by molar-refractivity contribution is 5.77. The maximum Gasteiger partial charge on any atom is 0.303 e. The molecule has 6 nitrogen and oxygen atoms in total. The third kappa shape index (κ3) is 9.54. The lowest BCUT2D eigenvalue weighted by molar-refractivity contribution is -0.136. The van der Waals surface area contributed by atoms with E-state index in [0.717, 1.165) is 35.7 Å². The van der Waals surface area contributed by atoms with Crippen molar-refractivity contribution in [2.75, 3.05) is 23.3 Å². The van der Waals surface area contributed by atoms with Gasteiger partial charge in [-0.15, -0.1) is 0 Å². The minimum Gasteiger partial charge on any atom is -0.481 e. The molecule has 2 aromatic carbocycles. The first-order valence-electron chi connectivity index (χ1n) is 10.9. The molecule has 168 valence electrons. The number of nitrogens with zero attached hydrogens (tertiary/aromatic N) is 2. The first-order valence-corrected chi connectivity index (χ1v) is 10.9. The van der Waals surface area contributed by atoms with Crippen molar-refractivity contribution in [3.63, 3.8) is 0 Å². The van der Waals surface area contributed by atoms with Crippen LogP contribution >= 0.6 is 0 Å². The SMILES string of the molecule is CC.CC(C)O.N#Cc1ccc(Nc2cc(CCC(=O)O)ccc2N2CCCC2)cc1. The van der Waals surface area contributed by atoms with Crippen LogP contribution in [0.2, 0.25) is 0 Å². The molecule has 3 rings (SSSR count). The topological polar surface area (TPSA) is 96.6 Å². The molecule has 1 heterocycles. The van der Waals surface area contributed by atoms with Crippen molar-refractivity contribution >= 4 is 23.0 Å². The number of aryl methyl sites for hydroxylation is 1. The molecule has 1 aliphatic heterocycles. The number of benzene rings is 2.